The lowest BCUT2D eigenvalue weighted by atomic mass is 9.97. The van der Waals surface area contributed by atoms with E-state index in [1.807, 2.05) is 7.05 Å². The maximum atomic E-state index is 11.8. The van der Waals surface area contributed by atoms with Gasteiger partial charge in [0, 0.05) is 39.6 Å². The van der Waals surface area contributed by atoms with E-state index in [9.17, 15) is 9.90 Å². The Bertz CT molecular complexity index is 261. The molecule has 2 unspecified atom stereocenters. The number of hydrogen-bond donors (Lipinski definition) is 2. The molecule has 106 valence electrons. The highest BCUT2D eigenvalue weighted by Crippen LogP contribution is 2.16. The standard InChI is InChI=1S/C13H27N3O2/c1-11-10-16(8-4-12(11)17)9-5-13(18)15(2)7-3-6-14/h11-12,17H,3-10,14H2,1-2H3. The molecule has 1 aliphatic heterocycles. The molecule has 0 saturated carbocycles. The van der Waals surface area contributed by atoms with Crippen LogP contribution < -0.4 is 5.73 Å². The van der Waals surface area contributed by atoms with Gasteiger partial charge < -0.3 is 20.6 Å². The summed E-state index contributed by atoms with van der Waals surface area (Å²) in [4.78, 5) is 15.9. The Balaban J connectivity index is 2.22. The Morgan fingerprint density at radius 2 is 2.28 bits per heavy atom. The van der Waals surface area contributed by atoms with Crippen molar-refractivity contribution in [3.63, 3.8) is 0 Å². The first-order valence-electron chi connectivity index (χ1n) is 6.89. The summed E-state index contributed by atoms with van der Waals surface area (Å²) in [6.07, 6.45) is 2.06. The number of hydrogen-bond acceptors (Lipinski definition) is 4. The molecular formula is C13H27N3O2. The molecule has 1 amide bonds. The van der Waals surface area contributed by atoms with Gasteiger partial charge in [0.05, 0.1) is 6.10 Å². The van der Waals surface area contributed by atoms with Crippen LogP contribution in [0.4, 0.5) is 0 Å². The molecule has 0 aromatic carbocycles. The molecule has 1 saturated heterocycles. The van der Waals surface area contributed by atoms with Crippen molar-refractivity contribution in [1.82, 2.24) is 9.80 Å². The average Bonchev–Trinajstić information content (AvgIpc) is 2.36. The van der Waals surface area contributed by atoms with Crippen LogP contribution in [0.2, 0.25) is 0 Å². The van der Waals surface area contributed by atoms with E-state index in [0.29, 0.717) is 18.9 Å². The number of aliphatic hydroxyl groups excluding tert-OH is 1. The van der Waals surface area contributed by atoms with Crippen LogP contribution in [-0.4, -0.2) is 66.7 Å². The van der Waals surface area contributed by atoms with Gasteiger partial charge in [-0.3, -0.25) is 4.79 Å². The second kappa shape index (κ2) is 7.71. The van der Waals surface area contributed by atoms with Gasteiger partial charge in [-0.1, -0.05) is 6.92 Å². The Hall–Kier alpha value is -0.650. The predicted molar refractivity (Wildman–Crippen MR) is 72.2 cm³/mol. The second-order valence-corrected chi connectivity index (χ2v) is 5.34. The molecule has 2 atom stereocenters. The van der Waals surface area contributed by atoms with Crippen molar-refractivity contribution >= 4 is 5.91 Å². The first kappa shape index (κ1) is 15.4. The van der Waals surface area contributed by atoms with Gasteiger partial charge in [-0.05, 0) is 25.3 Å². The molecule has 0 spiro atoms. The van der Waals surface area contributed by atoms with Crippen molar-refractivity contribution in [2.45, 2.75) is 32.3 Å². The number of rotatable bonds is 6. The van der Waals surface area contributed by atoms with Crippen LogP contribution in [0, 0.1) is 5.92 Å². The molecule has 5 heteroatoms. The highest BCUT2D eigenvalue weighted by molar-refractivity contribution is 5.76. The fourth-order valence-corrected chi connectivity index (χ4v) is 2.32. The highest BCUT2D eigenvalue weighted by atomic mass is 16.3. The van der Waals surface area contributed by atoms with Gasteiger partial charge in [-0.25, -0.2) is 0 Å². The zero-order valence-electron chi connectivity index (χ0n) is 11.6. The van der Waals surface area contributed by atoms with Gasteiger partial charge in [-0.15, -0.1) is 0 Å². The Labute approximate surface area is 110 Å². The number of aliphatic hydroxyl groups is 1. The molecule has 1 fully saturated rings. The lowest BCUT2D eigenvalue weighted by Gasteiger charge is -2.34. The van der Waals surface area contributed by atoms with E-state index in [2.05, 4.69) is 11.8 Å². The molecule has 0 aliphatic carbocycles. The number of amides is 1. The third kappa shape index (κ3) is 4.92. The summed E-state index contributed by atoms with van der Waals surface area (Å²) in [5.41, 5.74) is 5.43. The zero-order valence-corrected chi connectivity index (χ0v) is 11.6. The van der Waals surface area contributed by atoms with Crippen LogP contribution in [-0.2, 0) is 4.79 Å². The van der Waals surface area contributed by atoms with E-state index in [4.69, 9.17) is 5.73 Å². The van der Waals surface area contributed by atoms with Crippen molar-refractivity contribution in [3.8, 4) is 0 Å². The fourth-order valence-electron chi connectivity index (χ4n) is 2.32. The van der Waals surface area contributed by atoms with E-state index in [0.717, 1.165) is 39.0 Å². The van der Waals surface area contributed by atoms with Gasteiger partial charge in [0.25, 0.3) is 0 Å². The van der Waals surface area contributed by atoms with E-state index in [1.165, 1.54) is 0 Å². The van der Waals surface area contributed by atoms with Crippen LogP contribution in [0.15, 0.2) is 0 Å². The van der Waals surface area contributed by atoms with Gasteiger partial charge >= 0.3 is 0 Å². The molecule has 0 radical (unpaired) electrons. The van der Waals surface area contributed by atoms with Crippen molar-refractivity contribution in [2.24, 2.45) is 11.7 Å². The van der Waals surface area contributed by atoms with Crippen LogP contribution >= 0.6 is 0 Å². The fraction of sp³-hybridized carbons (Fsp3) is 0.923. The predicted octanol–water partition coefficient (Wildman–Crippen LogP) is -0.114. The van der Waals surface area contributed by atoms with E-state index < -0.39 is 0 Å². The van der Waals surface area contributed by atoms with Gasteiger partial charge in [0.15, 0.2) is 0 Å². The minimum absolute atomic E-state index is 0.177. The largest absolute Gasteiger partial charge is 0.393 e. The molecule has 1 heterocycles. The number of nitrogens with zero attached hydrogens (tertiary/aromatic N) is 2. The third-order valence-electron chi connectivity index (χ3n) is 3.71. The third-order valence-corrected chi connectivity index (χ3v) is 3.71. The summed E-state index contributed by atoms with van der Waals surface area (Å²) >= 11 is 0. The van der Waals surface area contributed by atoms with E-state index >= 15 is 0 Å². The molecule has 0 aromatic heterocycles. The van der Waals surface area contributed by atoms with Crippen LogP contribution in [0.3, 0.4) is 0 Å². The minimum Gasteiger partial charge on any atom is -0.393 e. The molecule has 1 aliphatic rings. The van der Waals surface area contributed by atoms with Gasteiger partial charge in [0.2, 0.25) is 5.91 Å². The van der Waals surface area contributed by atoms with Crippen molar-refractivity contribution in [3.05, 3.63) is 0 Å². The van der Waals surface area contributed by atoms with Crippen LogP contribution in [0.1, 0.15) is 26.2 Å². The molecule has 18 heavy (non-hydrogen) atoms. The monoisotopic (exact) mass is 257 g/mol. The summed E-state index contributed by atoms with van der Waals surface area (Å²) in [5, 5.41) is 9.64. The van der Waals surface area contributed by atoms with E-state index in [-0.39, 0.29) is 12.0 Å². The number of piperidine rings is 1. The molecule has 0 aromatic rings. The minimum atomic E-state index is -0.177. The number of carbonyl (C=O) groups excluding carboxylic acids is 1. The Kier molecular flexibility index (Phi) is 6.60. The number of nitrogens with two attached hydrogens (primary N) is 1. The summed E-state index contributed by atoms with van der Waals surface area (Å²) in [6.45, 7) is 6.00. The molecule has 0 bridgehead atoms. The topological polar surface area (TPSA) is 69.8 Å². The number of likely N-dealkylation sites (tertiary alicyclic amines) is 1. The van der Waals surface area contributed by atoms with Crippen molar-refractivity contribution in [2.75, 3.05) is 39.8 Å². The normalized spacial score (nSPS) is 25.1. The summed E-state index contributed by atoms with van der Waals surface area (Å²) in [7, 11) is 1.83. The summed E-state index contributed by atoms with van der Waals surface area (Å²) in [6, 6.07) is 0. The molecule has 1 rings (SSSR count). The van der Waals surface area contributed by atoms with Crippen LogP contribution in [0.5, 0.6) is 0 Å². The lowest BCUT2D eigenvalue weighted by molar-refractivity contribution is -0.130. The first-order chi connectivity index (χ1) is 8.54. The van der Waals surface area contributed by atoms with Crippen molar-refractivity contribution in [1.29, 1.82) is 0 Å². The van der Waals surface area contributed by atoms with Crippen LogP contribution in [0.25, 0.3) is 0 Å². The SMILES string of the molecule is CC1CN(CCC(=O)N(C)CCCN)CCC1O. The maximum Gasteiger partial charge on any atom is 0.223 e. The zero-order chi connectivity index (χ0) is 13.5. The quantitative estimate of drug-likeness (QED) is 0.696. The average molecular weight is 257 g/mol. The van der Waals surface area contributed by atoms with Crippen molar-refractivity contribution < 1.29 is 9.90 Å². The molecular weight excluding hydrogens is 230 g/mol. The maximum absolute atomic E-state index is 11.8. The molecule has 3 N–H and O–H groups in total. The highest BCUT2D eigenvalue weighted by Gasteiger charge is 2.24. The Morgan fingerprint density at radius 3 is 2.89 bits per heavy atom. The second-order valence-electron chi connectivity index (χ2n) is 5.34. The smallest absolute Gasteiger partial charge is 0.223 e. The first-order valence-corrected chi connectivity index (χ1v) is 6.89. The molecule has 5 nitrogen and oxygen atoms in total. The van der Waals surface area contributed by atoms with Gasteiger partial charge in [0.1, 0.15) is 0 Å². The Morgan fingerprint density at radius 1 is 1.56 bits per heavy atom. The van der Waals surface area contributed by atoms with E-state index in [1.54, 1.807) is 4.90 Å². The summed E-state index contributed by atoms with van der Waals surface area (Å²) < 4.78 is 0. The number of carbonyl (C=O) groups is 1. The lowest BCUT2D eigenvalue weighted by Crippen LogP contribution is -2.43. The van der Waals surface area contributed by atoms with Gasteiger partial charge in [-0.2, -0.15) is 0 Å². The summed E-state index contributed by atoms with van der Waals surface area (Å²) in [5.74, 6) is 0.492.